The first-order chi connectivity index (χ1) is 7.81. The van der Waals surface area contributed by atoms with E-state index in [-0.39, 0.29) is 12.3 Å². The van der Waals surface area contributed by atoms with Gasteiger partial charge in [-0.2, -0.15) is 0 Å². The minimum Gasteiger partial charge on any atom is -0.324 e. The number of Topliss-reactive ketones (excluding diaryl/α,β-unsaturated/α-hetero) is 1. The Hall–Kier alpha value is -1.75. The van der Waals surface area contributed by atoms with E-state index in [4.69, 9.17) is 5.73 Å². The molecule has 0 atom stereocenters. The first-order valence-corrected chi connectivity index (χ1v) is 5.36. The van der Waals surface area contributed by atoms with E-state index in [0.29, 0.717) is 17.1 Å². The second-order valence-electron chi connectivity index (χ2n) is 4.04. The first-order valence-electron chi connectivity index (χ1n) is 5.36. The summed E-state index contributed by atoms with van der Waals surface area (Å²) in [6, 6.07) is 2.20. The van der Waals surface area contributed by atoms with E-state index < -0.39 is 0 Å². The van der Waals surface area contributed by atoms with E-state index in [1.165, 1.54) is 12.8 Å². The van der Waals surface area contributed by atoms with Crippen LogP contribution in [0.5, 0.6) is 0 Å². The Morgan fingerprint density at radius 3 is 3.00 bits per heavy atom. The summed E-state index contributed by atoms with van der Waals surface area (Å²) in [6.45, 7) is 0.00933. The van der Waals surface area contributed by atoms with Gasteiger partial charge in [-0.3, -0.25) is 4.79 Å². The summed E-state index contributed by atoms with van der Waals surface area (Å²) >= 11 is 0. The molecule has 0 amide bonds. The topological polar surface area (TPSA) is 73.8 Å². The van der Waals surface area contributed by atoms with E-state index in [0.717, 1.165) is 5.65 Å². The second kappa shape index (κ2) is 3.38. The number of carbonyl (C=O) groups excluding carboxylic acids is 1. The van der Waals surface area contributed by atoms with E-state index in [9.17, 15) is 4.79 Å². The molecule has 16 heavy (non-hydrogen) atoms. The van der Waals surface area contributed by atoms with E-state index in [1.54, 1.807) is 18.6 Å². The molecule has 82 valence electrons. The summed E-state index contributed by atoms with van der Waals surface area (Å²) in [5.74, 6) is -0.0894. The number of nitrogens with zero attached hydrogens (tertiary/aromatic N) is 3. The van der Waals surface area contributed by atoms with Gasteiger partial charge in [0.2, 0.25) is 0 Å². The molecule has 0 aliphatic heterocycles. The molecule has 0 spiro atoms. The van der Waals surface area contributed by atoms with Crippen molar-refractivity contribution in [3.05, 3.63) is 24.2 Å². The quantitative estimate of drug-likeness (QED) is 0.774. The molecule has 1 aliphatic carbocycles. The fourth-order valence-corrected chi connectivity index (χ4v) is 1.89. The van der Waals surface area contributed by atoms with Crippen molar-refractivity contribution >= 4 is 16.9 Å². The van der Waals surface area contributed by atoms with E-state index in [2.05, 4.69) is 9.97 Å². The third kappa shape index (κ3) is 1.32. The smallest absolute Gasteiger partial charge is 0.178 e. The molecular weight excluding hydrogens is 204 g/mol. The fraction of sp³-hybridized carbons (Fsp3) is 0.364. The molecule has 1 fully saturated rings. The van der Waals surface area contributed by atoms with Crippen LogP contribution in [0.3, 0.4) is 0 Å². The zero-order valence-electron chi connectivity index (χ0n) is 8.76. The fourth-order valence-electron chi connectivity index (χ4n) is 1.89. The van der Waals surface area contributed by atoms with Gasteiger partial charge in [0.05, 0.1) is 12.9 Å². The number of pyridine rings is 1. The van der Waals surface area contributed by atoms with Crippen molar-refractivity contribution in [1.29, 1.82) is 0 Å². The summed E-state index contributed by atoms with van der Waals surface area (Å²) in [5, 5.41) is 0. The third-order valence-corrected chi connectivity index (χ3v) is 2.89. The molecule has 0 aromatic carbocycles. The largest absolute Gasteiger partial charge is 0.324 e. The Kier molecular flexibility index (Phi) is 2.00. The maximum absolute atomic E-state index is 11.6. The summed E-state index contributed by atoms with van der Waals surface area (Å²) in [5.41, 5.74) is 7.41. The molecule has 3 rings (SSSR count). The van der Waals surface area contributed by atoms with Crippen LogP contribution in [0.4, 0.5) is 0 Å². The Balaban J connectivity index is 2.20. The van der Waals surface area contributed by atoms with Crippen LogP contribution in [0.15, 0.2) is 18.6 Å². The highest BCUT2D eigenvalue weighted by atomic mass is 16.1. The highest BCUT2D eigenvalue weighted by Crippen LogP contribution is 2.36. The number of rotatable bonds is 3. The maximum atomic E-state index is 11.6. The van der Waals surface area contributed by atoms with Crippen LogP contribution < -0.4 is 5.73 Å². The molecule has 1 saturated carbocycles. The number of nitrogens with two attached hydrogens (primary N) is 1. The number of hydrogen-bond acceptors (Lipinski definition) is 4. The average Bonchev–Trinajstić information content (AvgIpc) is 3.07. The van der Waals surface area contributed by atoms with Crippen LogP contribution in [0.1, 0.15) is 29.2 Å². The van der Waals surface area contributed by atoms with Gasteiger partial charge in [-0.25, -0.2) is 9.97 Å². The van der Waals surface area contributed by atoms with Gasteiger partial charge in [-0.15, -0.1) is 0 Å². The number of carbonyl (C=O) groups is 1. The van der Waals surface area contributed by atoms with E-state index >= 15 is 0 Å². The molecular formula is C11H12N4O. The summed E-state index contributed by atoms with van der Waals surface area (Å²) in [6.07, 6.45) is 5.75. The average molecular weight is 216 g/mol. The van der Waals surface area contributed by atoms with Gasteiger partial charge in [0.15, 0.2) is 11.4 Å². The van der Waals surface area contributed by atoms with Crippen molar-refractivity contribution in [2.45, 2.75) is 18.9 Å². The molecule has 5 nitrogen and oxygen atoms in total. The minimum atomic E-state index is -0.0894. The van der Waals surface area contributed by atoms with E-state index in [1.807, 2.05) is 4.57 Å². The van der Waals surface area contributed by atoms with Crippen molar-refractivity contribution in [2.75, 3.05) is 6.54 Å². The molecule has 2 aromatic rings. The number of fused-ring (bicyclic) bond motifs is 1. The number of ketones is 1. The molecule has 1 aliphatic rings. The van der Waals surface area contributed by atoms with Gasteiger partial charge in [-0.1, -0.05) is 0 Å². The molecule has 2 aromatic heterocycles. The summed E-state index contributed by atoms with van der Waals surface area (Å²) in [7, 11) is 0. The lowest BCUT2D eigenvalue weighted by molar-refractivity contribution is 0.100. The number of aromatic nitrogens is 3. The lowest BCUT2D eigenvalue weighted by Crippen LogP contribution is -2.14. The molecule has 0 radical (unpaired) electrons. The van der Waals surface area contributed by atoms with Gasteiger partial charge < -0.3 is 10.3 Å². The molecule has 2 N–H and O–H groups in total. The van der Waals surface area contributed by atoms with Gasteiger partial charge in [0.25, 0.3) is 0 Å². The maximum Gasteiger partial charge on any atom is 0.178 e. The van der Waals surface area contributed by atoms with Crippen molar-refractivity contribution < 1.29 is 4.79 Å². The van der Waals surface area contributed by atoms with Crippen LogP contribution in [0, 0.1) is 0 Å². The third-order valence-electron chi connectivity index (χ3n) is 2.89. The van der Waals surface area contributed by atoms with Crippen molar-refractivity contribution in [3.63, 3.8) is 0 Å². The lowest BCUT2D eigenvalue weighted by Gasteiger charge is -2.01. The molecule has 0 saturated heterocycles. The van der Waals surface area contributed by atoms with Gasteiger partial charge >= 0.3 is 0 Å². The standard InChI is InChI=1S/C11H12N4O/c12-5-9(16)8-3-4-13-11-10(8)14-6-15(11)7-1-2-7/h3-4,6-7H,1-2,5,12H2. The van der Waals surface area contributed by atoms with Crippen LogP contribution in [-0.2, 0) is 0 Å². The Labute approximate surface area is 92.3 Å². The minimum absolute atomic E-state index is 0.00933. The predicted octanol–water partition coefficient (Wildman–Crippen LogP) is 0.908. The van der Waals surface area contributed by atoms with Crippen molar-refractivity contribution in [2.24, 2.45) is 5.73 Å². The second-order valence-corrected chi connectivity index (χ2v) is 4.04. The Morgan fingerprint density at radius 1 is 1.50 bits per heavy atom. The first kappa shape index (κ1) is 9.47. The predicted molar refractivity (Wildman–Crippen MR) is 59.2 cm³/mol. The zero-order chi connectivity index (χ0) is 11.1. The molecule has 2 heterocycles. The lowest BCUT2D eigenvalue weighted by atomic mass is 10.1. The van der Waals surface area contributed by atoms with Crippen molar-refractivity contribution in [1.82, 2.24) is 14.5 Å². The SMILES string of the molecule is NCC(=O)c1ccnc2c1ncn2C1CC1. The van der Waals surface area contributed by atoms with Gasteiger partial charge in [0, 0.05) is 17.8 Å². The van der Waals surface area contributed by atoms with Gasteiger partial charge in [0.1, 0.15) is 5.52 Å². The zero-order valence-corrected chi connectivity index (χ0v) is 8.76. The molecule has 5 heteroatoms. The number of hydrogen-bond donors (Lipinski definition) is 1. The normalized spacial score (nSPS) is 15.6. The monoisotopic (exact) mass is 216 g/mol. The van der Waals surface area contributed by atoms with Crippen LogP contribution in [-0.4, -0.2) is 26.9 Å². The Bertz CT molecular complexity index is 556. The van der Waals surface area contributed by atoms with Crippen LogP contribution in [0.25, 0.3) is 11.2 Å². The molecule has 0 bridgehead atoms. The van der Waals surface area contributed by atoms with Crippen LogP contribution >= 0.6 is 0 Å². The Morgan fingerprint density at radius 2 is 2.31 bits per heavy atom. The molecule has 0 unspecified atom stereocenters. The highest BCUT2D eigenvalue weighted by molar-refractivity contribution is 6.06. The summed E-state index contributed by atoms with van der Waals surface area (Å²) in [4.78, 5) is 20.2. The van der Waals surface area contributed by atoms with Crippen molar-refractivity contribution in [3.8, 4) is 0 Å². The van der Waals surface area contributed by atoms with Gasteiger partial charge in [-0.05, 0) is 18.9 Å². The van der Waals surface area contributed by atoms with Crippen LogP contribution in [0.2, 0.25) is 0 Å². The highest BCUT2D eigenvalue weighted by Gasteiger charge is 2.26. The summed E-state index contributed by atoms with van der Waals surface area (Å²) < 4.78 is 2.04. The number of imidazole rings is 1.